The number of thioether (sulfide) groups is 2. The number of thiocarbonyl (C=S) groups is 2. The second kappa shape index (κ2) is 15.7. The van der Waals surface area contributed by atoms with Crippen LogP contribution in [-0.4, -0.2) is 22.0 Å². The van der Waals surface area contributed by atoms with Gasteiger partial charge in [0.2, 0.25) is 8.77 Å². The predicted octanol–water partition coefficient (Wildman–Crippen LogP) is 7.14. The summed E-state index contributed by atoms with van der Waals surface area (Å²) in [6.07, 6.45) is 6.94. The van der Waals surface area contributed by atoms with Crippen LogP contribution in [0.3, 0.4) is 0 Å². The summed E-state index contributed by atoms with van der Waals surface area (Å²) in [6.45, 7) is 5.83. The van der Waals surface area contributed by atoms with Crippen LogP contribution in [0, 0.1) is 0 Å². The van der Waals surface area contributed by atoms with Gasteiger partial charge in [-0.15, -0.1) is 0 Å². The first kappa shape index (κ1) is 23.7. The quantitative estimate of drug-likeness (QED) is 0.257. The molecule has 0 radical (unpaired) electrons. The van der Waals surface area contributed by atoms with Crippen molar-refractivity contribution in [1.29, 1.82) is 0 Å². The average molecular weight is 431 g/mol. The smallest absolute Gasteiger partial charge is 0.220 e. The molecule has 2 nitrogen and oxygen atoms in total. The SMILES string of the molecule is CCCCCOC(=S)SCc1ccc(CSC(=S)OCCCCC)cc1. The number of ether oxygens (including phenoxy) is 2. The zero-order valence-corrected chi connectivity index (χ0v) is 19.1. The van der Waals surface area contributed by atoms with Crippen molar-refractivity contribution in [2.24, 2.45) is 0 Å². The monoisotopic (exact) mass is 430 g/mol. The van der Waals surface area contributed by atoms with Gasteiger partial charge in [0.05, 0.1) is 13.2 Å². The number of rotatable bonds is 12. The highest BCUT2D eigenvalue weighted by atomic mass is 32.2. The molecule has 0 unspecified atom stereocenters. The first-order valence-corrected chi connectivity index (χ1v) is 12.1. The first-order valence-electron chi connectivity index (χ1n) is 9.32. The Morgan fingerprint density at radius 1 is 0.731 bits per heavy atom. The van der Waals surface area contributed by atoms with E-state index in [1.165, 1.54) is 36.8 Å². The molecule has 1 aromatic carbocycles. The van der Waals surface area contributed by atoms with Gasteiger partial charge < -0.3 is 9.47 Å². The highest BCUT2D eigenvalue weighted by Gasteiger charge is 2.03. The van der Waals surface area contributed by atoms with E-state index in [-0.39, 0.29) is 0 Å². The van der Waals surface area contributed by atoms with E-state index >= 15 is 0 Å². The summed E-state index contributed by atoms with van der Waals surface area (Å²) in [6, 6.07) is 8.59. The fourth-order valence-electron chi connectivity index (χ4n) is 2.11. The number of unbranched alkanes of at least 4 members (excludes halogenated alkanes) is 4. The molecular weight excluding hydrogens is 400 g/mol. The van der Waals surface area contributed by atoms with Crippen LogP contribution in [0.2, 0.25) is 0 Å². The Labute approximate surface area is 178 Å². The van der Waals surface area contributed by atoms with Gasteiger partial charge >= 0.3 is 0 Å². The molecule has 0 aromatic heterocycles. The number of benzene rings is 1. The Morgan fingerprint density at radius 3 is 1.46 bits per heavy atom. The molecule has 0 atom stereocenters. The lowest BCUT2D eigenvalue weighted by molar-refractivity contribution is 0.310. The highest BCUT2D eigenvalue weighted by Crippen LogP contribution is 2.19. The molecule has 6 heteroatoms. The van der Waals surface area contributed by atoms with E-state index < -0.39 is 0 Å². The molecule has 0 aliphatic heterocycles. The largest absolute Gasteiger partial charge is 0.479 e. The molecule has 0 amide bonds. The Bertz CT molecular complexity index is 470. The van der Waals surface area contributed by atoms with Crippen LogP contribution >= 0.6 is 48.0 Å². The zero-order chi connectivity index (χ0) is 19.0. The Balaban J connectivity index is 2.20. The molecule has 26 heavy (non-hydrogen) atoms. The molecule has 0 spiro atoms. The third-order valence-electron chi connectivity index (χ3n) is 3.67. The minimum atomic E-state index is 0.645. The summed E-state index contributed by atoms with van der Waals surface area (Å²) >= 11 is 13.7. The van der Waals surface area contributed by atoms with Crippen LogP contribution in [0.25, 0.3) is 0 Å². The lowest BCUT2D eigenvalue weighted by atomic mass is 10.2. The topological polar surface area (TPSA) is 18.5 Å². The molecule has 0 N–H and O–H groups in total. The average Bonchev–Trinajstić information content (AvgIpc) is 2.66. The van der Waals surface area contributed by atoms with Gasteiger partial charge in [0.25, 0.3) is 0 Å². The molecule has 0 saturated heterocycles. The molecular formula is C20H30O2S4. The van der Waals surface area contributed by atoms with Gasteiger partial charge in [-0.1, -0.05) is 87.3 Å². The lowest BCUT2D eigenvalue weighted by Crippen LogP contribution is -2.00. The second-order valence-electron chi connectivity index (χ2n) is 6.00. The van der Waals surface area contributed by atoms with E-state index in [4.69, 9.17) is 33.9 Å². The summed E-state index contributed by atoms with van der Waals surface area (Å²) in [7, 11) is 0. The van der Waals surface area contributed by atoms with Crippen LogP contribution in [0.5, 0.6) is 0 Å². The summed E-state index contributed by atoms with van der Waals surface area (Å²) in [4.78, 5) is 0. The van der Waals surface area contributed by atoms with Crippen molar-refractivity contribution in [1.82, 2.24) is 0 Å². The minimum absolute atomic E-state index is 0.645. The maximum absolute atomic E-state index is 5.56. The maximum Gasteiger partial charge on any atom is 0.220 e. The molecule has 1 rings (SSSR count). The van der Waals surface area contributed by atoms with Gasteiger partial charge in [-0.25, -0.2) is 0 Å². The van der Waals surface area contributed by atoms with Crippen molar-refractivity contribution in [3.8, 4) is 0 Å². The van der Waals surface area contributed by atoms with E-state index in [0.717, 1.165) is 37.6 Å². The highest BCUT2D eigenvalue weighted by molar-refractivity contribution is 8.22. The minimum Gasteiger partial charge on any atom is -0.479 e. The molecule has 0 fully saturated rings. The second-order valence-corrected chi connectivity index (χ2v) is 9.16. The van der Waals surface area contributed by atoms with Crippen LogP contribution in [0.15, 0.2) is 24.3 Å². The third kappa shape index (κ3) is 12.2. The summed E-state index contributed by atoms with van der Waals surface area (Å²) < 4.78 is 12.4. The summed E-state index contributed by atoms with van der Waals surface area (Å²) in [5, 5.41) is 0. The predicted molar refractivity (Wildman–Crippen MR) is 125 cm³/mol. The van der Waals surface area contributed by atoms with E-state index in [1.807, 2.05) is 0 Å². The zero-order valence-electron chi connectivity index (χ0n) is 15.8. The van der Waals surface area contributed by atoms with E-state index in [0.29, 0.717) is 8.77 Å². The Hall–Kier alpha value is -0.300. The molecule has 146 valence electrons. The molecule has 0 bridgehead atoms. The first-order chi connectivity index (χ1) is 12.7. The summed E-state index contributed by atoms with van der Waals surface area (Å²) in [5.41, 5.74) is 2.50. The molecule has 1 aromatic rings. The fraction of sp³-hybridized carbons (Fsp3) is 0.600. The van der Waals surface area contributed by atoms with Gasteiger partial charge in [-0.2, -0.15) is 0 Å². The van der Waals surface area contributed by atoms with E-state index in [2.05, 4.69) is 38.1 Å². The lowest BCUT2D eigenvalue weighted by Gasteiger charge is -2.08. The number of hydrogen-bond acceptors (Lipinski definition) is 6. The molecule has 0 aliphatic carbocycles. The molecule has 0 aliphatic rings. The normalized spacial score (nSPS) is 10.5. The van der Waals surface area contributed by atoms with Crippen molar-refractivity contribution in [3.05, 3.63) is 35.4 Å². The standard InChI is InChI=1S/C20H30O2S4/c1-3-5-7-13-21-19(23)25-15-17-9-11-18(12-10-17)16-26-20(24)22-14-8-6-4-2/h9-12H,3-8,13-16H2,1-2H3. The Kier molecular flexibility index (Phi) is 14.4. The van der Waals surface area contributed by atoms with Gasteiger partial charge in [0.15, 0.2) is 0 Å². The van der Waals surface area contributed by atoms with Crippen molar-refractivity contribution in [2.45, 2.75) is 63.9 Å². The third-order valence-corrected chi connectivity index (χ3v) is 6.28. The summed E-state index contributed by atoms with van der Waals surface area (Å²) in [5.74, 6) is 1.69. The van der Waals surface area contributed by atoms with Gasteiger partial charge in [0, 0.05) is 11.5 Å². The van der Waals surface area contributed by atoms with Crippen molar-refractivity contribution < 1.29 is 9.47 Å². The molecule has 0 saturated carbocycles. The van der Waals surface area contributed by atoms with E-state index in [9.17, 15) is 0 Å². The van der Waals surface area contributed by atoms with Crippen LogP contribution in [0.4, 0.5) is 0 Å². The van der Waals surface area contributed by atoms with Crippen molar-refractivity contribution in [3.63, 3.8) is 0 Å². The van der Waals surface area contributed by atoms with Gasteiger partial charge in [0.1, 0.15) is 0 Å². The van der Waals surface area contributed by atoms with Crippen LogP contribution in [-0.2, 0) is 21.0 Å². The van der Waals surface area contributed by atoms with Gasteiger partial charge in [-0.3, -0.25) is 0 Å². The van der Waals surface area contributed by atoms with Crippen molar-refractivity contribution in [2.75, 3.05) is 13.2 Å². The van der Waals surface area contributed by atoms with Crippen LogP contribution in [0.1, 0.15) is 63.5 Å². The molecule has 0 heterocycles. The fourth-order valence-corrected chi connectivity index (χ4v) is 3.92. The number of hydrogen-bond donors (Lipinski definition) is 0. The van der Waals surface area contributed by atoms with Gasteiger partial charge in [-0.05, 0) is 48.4 Å². The Morgan fingerprint density at radius 2 is 1.12 bits per heavy atom. The maximum atomic E-state index is 5.56. The van der Waals surface area contributed by atoms with E-state index in [1.54, 1.807) is 23.5 Å². The van der Waals surface area contributed by atoms with Crippen LogP contribution < -0.4 is 0 Å². The van der Waals surface area contributed by atoms with Crippen molar-refractivity contribution >= 4 is 56.7 Å².